The predicted octanol–water partition coefficient (Wildman–Crippen LogP) is 2.02. The Kier molecular flexibility index (Phi) is 4.56. The number of hydrogen-bond donors (Lipinski definition) is 0. The van der Waals surface area contributed by atoms with Crippen LogP contribution in [0.3, 0.4) is 0 Å². The highest BCUT2D eigenvalue weighted by atomic mass is 16.5. The SMILES string of the molecule is CC1CN(C(=O)C2CCCO2)CC(Cc2ccccc2)O1. The molecule has 3 unspecified atom stereocenters. The van der Waals surface area contributed by atoms with Crippen molar-refractivity contribution >= 4 is 5.91 Å². The fourth-order valence-corrected chi connectivity index (χ4v) is 3.19. The van der Waals surface area contributed by atoms with E-state index in [1.807, 2.05) is 30.0 Å². The fraction of sp³-hybridized carbons (Fsp3) is 0.588. The summed E-state index contributed by atoms with van der Waals surface area (Å²) in [6, 6.07) is 10.3. The molecule has 0 spiro atoms. The summed E-state index contributed by atoms with van der Waals surface area (Å²) in [6.45, 7) is 4.08. The van der Waals surface area contributed by atoms with E-state index >= 15 is 0 Å². The number of amides is 1. The third-order valence-electron chi connectivity index (χ3n) is 4.15. The lowest BCUT2D eigenvalue weighted by Crippen LogP contribution is -2.52. The van der Waals surface area contributed by atoms with Crippen LogP contribution in [0.2, 0.25) is 0 Å². The lowest BCUT2D eigenvalue weighted by molar-refractivity contribution is -0.153. The number of benzene rings is 1. The first-order valence-corrected chi connectivity index (χ1v) is 7.82. The second-order valence-corrected chi connectivity index (χ2v) is 6.00. The molecule has 0 aliphatic carbocycles. The summed E-state index contributed by atoms with van der Waals surface area (Å²) in [7, 11) is 0. The van der Waals surface area contributed by atoms with E-state index < -0.39 is 0 Å². The Balaban J connectivity index is 1.62. The van der Waals surface area contributed by atoms with Crippen molar-refractivity contribution in [3.8, 4) is 0 Å². The van der Waals surface area contributed by atoms with Gasteiger partial charge < -0.3 is 14.4 Å². The third kappa shape index (κ3) is 3.63. The lowest BCUT2D eigenvalue weighted by atomic mass is 10.0. The van der Waals surface area contributed by atoms with Crippen LogP contribution in [-0.2, 0) is 20.7 Å². The number of carbonyl (C=O) groups is 1. The van der Waals surface area contributed by atoms with Gasteiger partial charge in [0.05, 0.1) is 12.2 Å². The van der Waals surface area contributed by atoms with Crippen LogP contribution in [0.15, 0.2) is 30.3 Å². The zero-order chi connectivity index (χ0) is 14.7. The van der Waals surface area contributed by atoms with Gasteiger partial charge >= 0.3 is 0 Å². The fourth-order valence-electron chi connectivity index (χ4n) is 3.19. The average Bonchev–Trinajstić information content (AvgIpc) is 3.01. The summed E-state index contributed by atoms with van der Waals surface area (Å²) in [6.07, 6.45) is 2.62. The molecular weight excluding hydrogens is 266 g/mol. The number of rotatable bonds is 3. The Morgan fingerprint density at radius 1 is 1.29 bits per heavy atom. The molecular formula is C17H23NO3. The van der Waals surface area contributed by atoms with Crippen LogP contribution < -0.4 is 0 Å². The Morgan fingerprint density at radius 3 is 2.81 bits per heavy atom. The topological polar surface area (TPSA) is 38.8 Å². The van der Waals surface area contributed by atoms with Crippen LogP contribution in [0.4, 0.5) is 0 Å². The summed E-state index contributed by atoms with van der Waals surface area (Å²) in [5, 5.41) is 0. The van der Waals surface area contributed by atoms with Gasteiger partial charge in [-0.25, -0.2) is 0 Å². The van der Waals surface area contributed by atoms with Crippen LogP contribution in [-0.4, -0.2) is 48.8 Å². The van der Waals surface area contributed by atoms with Crippen molar-refractivity contribution < 1.29 is 14.3 Å². The van der Waals surface area contributed by atoms with Gasteiger partial charge in [0.25, 0.3) is 5.91 Å². The molecule has 0 aromatic heterocycles. The quantitative estimate of drug-likeness (QED) is 0.854. The van der Waals surface area contributed by atoms with Crippen LogP contribution in [0.25, 0.3) is 0 Å². The lowest BCUT2D eigenvalue weighted by Gasteiger charge is -2.38. The maximum absolute atomic E-state index is 12.5. The summed E-state index contributed by atoms with van der Waals surface area (Å²) >= 11 is 0. The maximum Gasteiger partial charge on any atom is 0.251 e. The summed E-state index contributed by atoms with van der Waals surface area (Å²) in [5.74, 6) is 0.140. The van der Waals surface area contributed by atoms with Gasteiger partial charge in [0.1, 0.15) is 6.10 Å². The molecule has 2 aliphatic heterocycles. The first-order chi connectivity index (χ1) is 10.2. The van der Waals surface area contributed by atoms with Crippen LogP contribution in [0, 0.1) is 0 Å². The molecule has 3 atom stereocenters. The van der Waals surface area contributed by atoms with Crippen LogP contribution >= 0.6 is 0 Å². The van der Waals surface area contributed by atoms with Gasteiger partial charge in [-0.1, -0.05) is 30.3 Å². The Morgan fingerprint density at radius 2 is 2.10 bits per heavy atom. The Labute approximate surface area is 126 Å². The normalized spacial score (nSPS) is 29.6. The van der Waals surface area contributed by atoms with E-state index in [-0.39, 0.29) is 24.2 Å². The molecule has 1 amide bonds. The molecule has 0 bridgehead atoms. The zero-order valence-corrected chi connectivity index (χ0v) is 12.5. The molecule has 0 radical (unpaired) electrons. The molecule has 4 nitrogen and oxygen atoms in total. The standard InChI is InChI=1S/C17H23NO3/c1-13-11-18(17(19)16-8-5-9-20-16)12-15(21-13)10-14-6-3-2-4-7-14/h2-4,6-7,13,15-16H,5,8-12H2,1H3. The molecule has 21 heavy (non-hydrogen) atoms. The molecule has 2 fully saturated rings. The molecule has 4 heteroatoms. The highest BCUT2D eigenvalue weighted by Gasteiger charge is 2.33. The molecule has 0 saturated carbocycles. The highest BCUT2D eigenvalue weighted by Crippen LogP contribution is 2.20. The molecule has 1 aromatic rings. The summed E-state index contributed by atoms with van der Waals surface area (Å²) < 4.78 is 11.5. The molecule has 0 N–H and O–H groups in total. The molecule has 2 heterocycles. The number of hydrogen-bond acceptors (Lipinski definition) is 3. The first kappa shape index (κ1) is 14.5. The minimum Gasteiger partial charge on any atom is -0.371 e. The van der Waals surface area contributed by atoms with Crippen LogP contribution in [0.1, 0.15) is 25.3 Å². The Bertz CT molecular complexity index is 470. The minimum atomic E-state index is -0.229. The van der Waals surface area contributed by atoms with Gasteiger partial charge in [0.2, 0.25) is 0 Å². The van der Waals surface area contributed by atoms with Gasteiger partial charge in [-0.05, 0) is 25.3 Å². The van der Waals surface area contributed by atoms with Gasteiger partial charge in [0.15, 0.2) is 0 Å². The van der Waals surface area contributed by atoms with Gasteiger partial charge in [0, 0.05) is 26.1 Å². The van der Waals surface area contributed by atoms with Gasteiger partial charge in [-0.15, -0.1) is 0 Å². The van der Waals surface area contributed by atoms with E-state index in [2.05, 4.69) is 12.1 Å². The van der Waals surface area contributed by atoms with Crippen LogP contribution in [0.5, 0.6) is 0 Å². The monoisotopic (exact) mass is 289 g/mol. The summed E-state index contributed by atoms with van der Waals surface area (Å²) in [4.78, 5) is 14.4. The van der Waals surface area contributed by atoms with Crippen molar-refractivity contribution in [2.24, 2.45) is 0 Å². The van der Waals surface area contributed by atoms with Crippen molar-refractivity contribution in [1.82, 2.24) is 4.90 Å². The Hall–Kier alpha value is -1.39. The van der Waals surface area contributed by atoms with E-state index in [9.17, 15) is 4.79 Å². The van der Waals surface area contributed by atoms with Crippen molar-refractivity contribution in [2.75, 3.05) is 19.7 Å². The average molecular weight is 289 g/mol. The molecule has 2 aliphatic rings. The molecule has 1 aromatic carbocycles. The summed E-state index contributed by atoms with van der Waals surface area (Å²) in [5.41, 5.74) is 1.25. The number of morpholine rings is 1. The number of nitrogens with zero attached hydrogens (tertiary/aromatic N) is 1. The van der Waals surface area contributed by atoms with Crippen molar-refractivity contribution in [3.63, 3.8) is 0 Å². The van der Waals surface area contributed by atoms with E-state index in [0.717, 1.165) is 19.3 Å². The highest BCUT2D eigenvalue weighted by molar-refractivity contribution is 5.81. The van der Waals surface area contributed by atoms with Crippen molar-refractivity contribution in [3.05, 3.63) is 35.9 Å². The maximum atomic E-state index is 12.5. The van der Waals surface area contributed by atoms with E-state index in [1.54, 1.807) is 0 Å². The number of ether oxygens (including phenoxy) is 2. The first-order valence-electron chi connectivity index (χ1n) is 7.82. The minimum absolute atomic E-state index is 0.0708. The van der Waals surface area contributed by atoms with Gasteiger partial charge in [-0.2, -0.15) is 0 Å². The van der Waals surface area contributed by atoms with E-state index in [0.29, 0.717) is 19.7 Å². The molecule has 114 valence electrons. The van der Waals surface area contributed by atoms with E-state index in [1.165, 1.54) is 5.56 Å². The number of carbonyl (C=O) groups excluding carboxylic acids is 1. The van der Waals surface area contributed by atoms with Crippen molar-refractivity contribution in [2.45, 2.75) is 44.5 Å². The molecule has 2 saturated heterocycles. The largest absolute Gasteiger partial charge is 0.371 e. The van der Waals surface area contributed by atoms with Crippen molar-refractivity contribution in [1.29, 1.82) is 0 Å². The molecule has 3 rings (SSSR count). The second kappa shape index (κ2) is 6.58. The van der Waals surface area contributed by atoms with E-state index in [4.69, 9.17) is 9.47 Å². The zero-order valence-electron chi connectivity index (χ0n) is 12.5. The third-order valence-corrected chi connectivity index (χ3v) is 4.15. The predicted molar refractivity (Wildman–Crippen MR) is 80.0 cm³/mol. The second-order valence-electron chi connectivity index (χ2n) is 6.00. The smallest absolute Gasteiger partial charge is 0.251 e. The van der Waals surface area contributed by atoms with Gasteiger partial charge in [-0.3, -0.25) is 4.79 Å².